The quantitative estimate of drug-likeness (QED) is 0.606. The van der Waals surface area contributed by atoms with Crippen LogP contribution >= 0.6 is 11.6 Å². The fourth-order valence-corrected chi connectivity index (χ4v) is 4.00. The van der Waals surface area contributed by atoms with E-state index in [1.54, 1.807) is 6.07 Å². The van der Waals surface area contributed by atoms with Crippen LogP contribution in [0.3, 0.4) is 0 Å². The van der Waals surface area contributed by atoms with Gasteiger partial charge in [0, 0.05) is 44.2 Å². The first-order chi connectivity index (χ1) is 12.0. The summed E-state index contributed by atoms with van der Waals surface area (Å²) in [7, 11) is 0. The normalized spacial score (nSPS) is 19.1. The second-order valence-corrected chi connectivity index (χ2v) is 6.96. The largest absolute Gasteiger partial charge is 0.378 e. The summed E-state index contributed by atoms with van der Waals surface area (Å²) in [5, 5.41) is 11.3. The SMILES string of the molecule is Cc1cc([N+](=O)[O-])cc(Cl)c1N1CCC(C(=O)N2CCOCC2)CC1. The van der Waals surface area contributed by atoms with Crippen molar-refractivity contribution in [2.45, 2.75) is 19.8 Å². The zero-order chi connectivity index (χ0) is 18.0. The Morgan fingerprint density at radius 1 is 1.24 bits per heavy atom. The number of morpholine rings is 1. The Balaban J connectivity index is 1.66. The third-order valence-electron chi connectivity index (χ3n) is 4.93. The van der Waals surface area contributed by atoms with E-state index in [0.29, 0.717) is 31.3 Å². The van der Waals surface area contributed by atoms with Gasteiger partial charge in [-0.15, -0.1) is 0 Å². The number of carbonyl (C=O) groups is 1. The van der Waals surface area contributed by atoms with Gasteiger partial charge in [-0.05, 0) is 25.3 Å². The Bertz CT molecular complexity index is 645. The number of carbonyl (C=O) groups excluding carboxylic acids is 1. The third kappa shape index (κ3) is 3.88. The number of hydrogen-bond acceptors (Lipinski definition) is 5. The summed E-state index contributed by atoms with van der Waals surface area (Å²) < 4.78 is 5.30. The third-order valence-corrected chi connectivity index (χ3v) is 5.22. The maximum Gasteiger partial charge on any atom is 0.271 e. The molecular weight excluding hydrogens is 346 g/mol. The molecule has 0 N–H and O–H groups in total. The Hall–Kier alpha value is -1.86. The number of nitrogens with zero attached hydrogens (tertiary/aromatic N) is 3. The van der Waals surface area contributed by atoms with Crippen molar-refractivity contribution in [1.29, 1.82) is 0 Å². The van der Waals surface area contributed by atoms with Crippen LogP contribution < -0.4 is 4.90 Å². The number of aryl methyl sites for hydroxylation is 1. The summed E-state index contributed by atoms with van der Waals surface area (Å²) in [6, 6.07) is 2.95. The van der Waals surface area contributed by atoms with E-state index >= 15 is 0 Å². The monoisotopic (exact) mass is 367 g/mol. The lowest BCUT2D eigenvalue weighted by Gasteiger charge is -2.37. The zero-order valence-electron chi connectivity index (χ0n) is 14.2. The second kappa shape index (κ2) is 7.58. The molecule has 0 atom stereocenters. The van der Waals surface area contributed by atoms with Crippen LogP contribution in [0, 0.1) is 23.0 Å². The Labute approximate surface area is 151 Å². The first-order valence-electron chi connectivity index (χ1n) is 8.53. The molecule has 2 saturated heterocycles. The summed E-state index contributed by atoms with van der Waals surface area (Å²) in [4.78, 5) is 27.1. The molecule has 0 aliphatic carbocycles. The molecule has 2 heterocycles. The number of rotatable bonds is 3. The van der Waals surface area contributed by atoms with Crippen molar-refractivity contribution >= 4 is 28.9 Å². The molecule has 2 fully saturated rings. The average molecular weight is 368 g/mol. The standard InChI is InChI=1S/C17H22ClN3O4/c1-12-10-14(21(23)24)11-15(18)16(12)19-4-2-13(3-5-19)17(22)20-6-8-25-9-7-20/h10-11,13H,2-9H2,1H3. The number of hydrogen-bond donors (Lipinski definition) is 0. The van der Waals surface area contributed by atoms with E-state index < -0.39 is 4.92 Å². The molecule has 0 unspecified atom stereocenters. The highest BCUT2D eigenvalue weighted by Gasteiger charge is 2.30. The van der Waals surface area contributed by atoms with Gasteiger partial charge in [-0.1, -0.05) is 11.6 Å². The number of nitro benzene ring substituents is 1. The first kappa shape index (κ1) is 17.9. The molecule has 0 radical (unpaired) electrons. The fourth-order valence-electron chi connectivity index (χ4n) is 3.62. The predicted octanol–water partition coefficient (Wildman–Crippen LogP) is 2.63. The highest BCUT2D eigenvalue weighted by molar-refractivity contribution is 6.33. The van der Waals surface area contributed by atoms with Crippen LogP contribution in [0.15, 0.2) is 12.1 Å². The van der Waals surface area contributed by atoms with E-state index in [4.69, 9.17) is 16.3 Å². The number of amides is 1. The molecular formula is C17H22ClN3O4. The van der Waals surface area contributed by atoms with Gasteiger partial charge in [0.2, 0.25) is 5.91 Å². The lowest BCUT2D eigenvalue weighted by atomic mass is 9.94. The van der Waals surface area contributed by atoms with Crippen molar-refractivity contribution < 1.29 is 14.5 Å². The van der Waals surface area contributed by atoms with Crippen LogP contribution in [0.5, 0.6) is 0 Å². The highest BCUT2D eigenvalue weighted by Crippen LogP contribution is 2.36. The van der Waals surface area contributed by atoms with Crippen molar-refractivity contribution in [3.8, 4) is 0 Å². The van der Waals surface area contributed by atoms with Gasteiger partial charge in [0.25, 0.3) is 5.69 Å². The van der Waals surface area contributed by atoms with E-state index in [1.807, 2.05) is 11.8 Å². The highest BCUT2D eigenvalue weighted by atomic mass is 35.5. The van der Waals surface area contributed by atoms with Gasteiger partial charge in [0.1, 0.15) is 0 Å². The molecule has 1 aromatic rings. The minimum atomic E-state index is -0.435. The van der Waals surface area contributed by atoms with Gasteiger partial charge >= 0.3 is 0 Å². The fraction of sp³-hybridized carbons (Fsp3) is 0.588. The van der Waals surface area contributed by atoms with Gasteiger partial charge in [0.05, 0.1) is 28.8 Å². The van der Waals surface area contributed by atoms with Crippen molar-refractivity contribution in [3.05, 3.63) is 32.8 Å². The molecule has 25 heavy (non-hydrogen) atoms. The minimum absolute atomic E-state index is 0.00336. The molecule has 0 saturated carbocycles. The average Bonchev–Trinajstić information content (AvgIpc) is 2.61. The van der Waals surface area contributed by atoms with Gasteiger partial charge in [-0.2, -0.15) is 0 Å². The van der Waals surface area contributed by atoms with E-state index in [1.165, 1.54) is 6.07 Å². The van der Waals surface area contributed by atoms with E-state index in [0.717, 1.165) is 37.2 Å². The molecule has 136 valence electrons. The number of non-ortho nitro benzene ring substituents is 1. The second-order valence-electron chi connectivity index (χ2n) is 6.55. The molecule has 7 nitrogen and oxygen atoms in total. The maximum absolute atomic E-state index is 12.6. The number of anilines is 1. The topological polar surface area (TPSA) is 75.9 Å². The molecule has 2 aliphatic heterocycles. The molecule has 8 heteroatoms. The number of halogens is 1. The van der Waals surface area contributed by atoms with Crippen LogP contribution in [-0.2, 0) is 9.53 Å². The molecule has 1 aromatic carbocycles. The minimum Gasteiger partial charge on any atom is -0.378 e. The summed E-state index contributed by atoms with van der Waals surface area (Å²) in [6.07, 6.45) is 1.53. The Kier molecular flexibility index (Phi) is 5.44. The smallest absolute Gasteiger partial charge is 0.271 e. The number of nitro groups is 1. The Morgan fingerprint density at radius 2 is 1.88 bits per heavy atom. The van der Waals surface area contributed by atoms with Crippen molar-refractivity contribution in [1.82, 2.24) is 4.90 Å². The predicted molar refractivity (Wildman–Crippen MR) is 95.2 cm³/mol. The molecule has 3 rings (SSSR count). The van der Waals surface area contributed by atoms with Gasteiger partial charge in [0.15, 0.2) is 0 Å². The lowest BCUT2D eigenvalue weighted by molar-refractivity contribution is -0.384. The van der Waals surface area contributed by atoms with Crippen LogP contribution in [-0.4, -0.2) is 55.1 Å². The number of piperidine rings is 1. The van der Waals surface area contributed by atoms with Crippen molar-refractivity contribution in [3.63, 3.8) is 0 Å². The van der Waals surface area contributed by atoms with E-state index in [2.05, 4.69) is 4.90 Å². The van der Waals surface area contributed by atoms with E-state index in [-0.39, 0.29) is 17.5 Å². The zero-order valence-corrected chi connectivity index (χ0v) is 15.0. The van der Waals surface area contributed by atoms with Crippen LogP contribution in [0.25, 0.3) is 0 Å². The maximum atomic E-state index is 12.6. The molecule has 0 aromatic heterocycles. The van der Waals surface area contributed by atoms with Crippen LogP contribution in [0.4, 0.5) is 11.4 Å². The lowest BCUT2D eigenvalue weighted by Crippen LogP contribution is -2.47. The van der Waals surface area contributed by atoms with Gasteiger partial charge in [-0.3, -0.25) is 14.9 Å². The van der Waals surface area contributed by atoms with Crippen molar-refractivity contribution in [2.24, 2.45) is 5.92 Å². The molecule has 0 spiro atoms. The summed E-state index contributed by atoms with van der Waals surface area (Å²) in [5.41, 5.74) is 1.63. The number of ether oxygens (including phenoxy) is 1. The van der Waals surface area contributed by atoms with Gasteiger partial charge < -0.3 is 14.5 Å². The van der Waals surface area contributed by atoms with Crippen LogP contribution in [0.1, 0.15) is 18.4 Å². The first-order valence-corrected chi connectivity index (χ1v) is 8.91. The van der Waals surface area contributed by atoms with Gasteiger partial charge in [-0.25, -0.2) is 0 Å². The summed E-state index contributed by atoms with van der Waals surface area (Å²) in [6.45, 7) is 5.85. The molecule has 1 amide bonds. The van der Waals surface area contributed by atoms with E-state index in [9.17, 15) is 14.9 Å². The molecule has 0 bridgehead atoms. The number of benzene rings is 1. The Morgan fingerprint density at radius 3 is 2.44 bits per heavy atom. The molecule has 2 aliphatic rings. The summed E-state index contributed by atoms with van der Waals surface area (Å²) in [5.74, 6) is 0.251. The summed E-state index contributed by atoms with van der Waals surface area (Å²) >= 11 is 6.30. The van der Waals surface area contributed by atoms with Crippen LogP contribution in [0.2, 0.25) is 5.02 Å². The van der Waals surface area contributed by atoms with Crippen molar-refractivity contribution in [2.75, 3.05) is 44.3 Å².